The molecule has 11 heteroatoms. The Morgan fingerprint density at radius 2 is 1.59 bits per heavy atom. The second kappa shape index (κ2) is 8.78. The van der Waals surface area contributed by atoms with Crippen molar-refractivity contribution >= 4 is 11.6 Å². The average Bonchev–Trinajstić information content (AvgIpc) is 2.67. The number of hydrogen-bond acceptors (Lipinski definition) is 3. The number of rotatable bonds is 5. The van der Waals surface area contributed by atoms with E-state index in [2.05, 4.69) is 0 Å². The van der Waals surface area contributed by atoms with Crippen molar-refractivity contribution in [1.29, 1.82) is 5.41 Å². The first-order chi connectivity index (χ1) is 13.4. The first-order valence-corrected chi connectivity index (χ1v) is 9.08. The molecule has 0 bridgehead atoms. The lowest BCUT2D eigenvalue weighted by atomic mass is 9.92. The van der Waals surface area contributed by atoms with Crippen LogP contribution in [0.15, 0.2) is 24.3 Å². The Morgan fingerprint density at radius 1 is 1.07 bits per heavy atom. The van der Waals surface area contributed by atoms with Crippen LogP contribution < -0.4 is 4.90 Å². The third kappa shape index (κ3) is 4.77. The summed E-state index contributed by atoms with van der Waals surface area (Å²) in [6.07, 6.45) is -10.4. The SMILES string of the molecule is CCCCN(C(=N)N1CCOCC1)c1ccc(C(O)(C(F)(F)F)C(F)(F)F)cc1. The maximum absolute atomic E-state index is 13.0. The van der Waals surface area contributed by atoms with Crippen LogP contribution in [0.1, 0.15) is 25.3 Å². The molecule has 0 atom stereocenters. The third-order valence-electron chi connectivity index (χ3n) is 4.72. The van der Waals surface area contributed by atoms with Crippen LogP contribution in [-0.2, 0) is 10.3 Å². The van der Waals surface area contributed by atoms with E-state index in [9.17, 15) is 31.4 Å². The van der Waals surface area contributed by atoms with Crippen LogP contribution >= 0.6 is 0 Å². The van der Waals surface area contributed by atoms with Gasteiger partial charge in [0.2, 0.25) is 0 Å². The Balaban J connectivity index is 2.36. The second-order valence-electron chi connectivity index (χ2n) is 6.68. The van der Waals surface area contributed by atoms with Crippen molar-refractivity contribution < 1.29 is 36.2 Å². The largest absolute Gasteiger partial charge is 0.430 e. The van der Waals surface area contributed by atoms with E-state index in [4.69, 9.17) is 10.1 Å². The van der Waals surface area contributed by atoms with Crippen LogP contribution in [0, 0.1) is 5.41 Å². The van der Waals surface area contributed by atoms with Gasteiger partial charge >= 0.3 is 12.4 Å². The second-order valence-corrected chi connectivity index (χ2v) is 6.68. The highest BCUT2D eigenvalue weighted by atomic mass is 19.4. The fourth-order valence-corrected chi connectivity index (χ4v) is 2.99. The van der Waals surface area contributed by atoms with Crippen molar-refractivity contribution in [3.63, 3.8) is 0 Å². The van der Waals surface area contributed by atoms with E-state index in [1.54, 1.807) is 4.90 Å². The molecule has 1 heterocycles. The van der Waals surface area contributed by atoms with Gasteiger partial charge in [-0.3, -0.25) is 5.41 Å². The van der Waals surface area contributed by atoms with Crippen LogP contribution in [-0.4, -0.2) is 61.2 Å². The minimum absolute atomic E-state index is 0.0939. The number of ether oxygens (including phenoxy) is 1. The van der Waals surface area contributed by atoms with Crippen molar-refractivity contribution in [2.24, 2.45) is 0 Å². The predicted molar refractivity (Wildman–Crippen MR) is 94.8 cm³/mol. The van der Waals surface area contributed by atoms with Crippen molar-refractivity contribution in [1.82, 2.24) is 4.90 Å². The van der Waals surface area contributed by atoms with Gasteiger partial charge in [-0.05, 0) is 18.6 Å². The molecule has 1 aromatic rings. The number of guanidine groups is 1. The van der Waals surface area contributed by atoms with Crippen molar-refractivity contribution in [2.45, 2.75) is 37.7 Å². The normalized spacial score (nSPS) is 16.1. The monoisotopic (exact) mass is 427 g/mol. The van der Waals surface area contributed by atoms with E-state index < -0.39 is 23.5 Å². The summed E-state index contributed by atoms with van der Waals surface area (Å²) >= 11 is 0. The zero-order valence-electron chi connectivity index (χ0n) is 15.8. The van der Waals surface area contributed by atoms with Gasteiger partial charge in [-0.1, -0.05) is 25.5 Å². The van der Waals surface area contributed by atoms with Gasteiger partial charge in [-0.25, -0.2) is 0 Å². The zero-order valence-corrected chi connectivity index (χ0v) is 15.8. The molecule has 0 aliphatic carbocycles. The van der Waals surface area contributed by atoms with E-state index >= 15 is 0 Å². The highest BCUT2D eigenvalue weighted by Crippen LogP contribution is 2.50. The van der Waals surface area contributed by atoms with E-state index in [0.717, 1.165) is 18.6 Å². The van der Waals surface area contributed by atoms with Gasteiger partial charge in [0.15, 0.2) is 5.96 Å². The number of nitrogens with zero attached hydrogens (tertiary/aromatic N) is 2. The molecule has 164 valence electrons. The number of hydrogen-bond donors (Lipinski definition) is 2. The maximum Gasteiger partial charge on any atom is 0.430 e. The first-order valence-electron chi connectivity index (χ1n) is 9.08. The van der Waals surface area contributed by atoms with Crippen LogP contribution in [0.2, 0.25) is 0 Å². The van der Waals surface area contributed by atoms with E-state index in [-0.39, 0.29) is 11.6 Å². The van der Waals surface area contributed by atoms with Gasteiger partial charge in [0.1, 0.15) is 0 Å². The molecule has 0 saturated carbocycles. The smallest absolute Gasteiger partial charge is 0.378 e. The zero-order chi connectivity index (χ0) is 21.9. The molecule has 2 N–H and O–H groups in total. The van der Waals surface area contributed by atoms with Gasteiger partial charge in [0.25, 0.3) is 5.60 Å². The fourth-order valence-electron chi connectivity index (χ4n) is 2.99. The van der Waals surface area contributed by atoms with Crippen LogP contribution in [0.5, 0.6) is 0 Å². The number of benzene rings is 1. The Morgan fingerprint density at radius 3 is 2.03 bits per heavy atom. The Labute approximate surface area is 164 Å². The van der Waals surface area contributed by atoms with Gasteiger partial charge in [0, 0.05) is 30.9 Å². The van der Waals surface area contributed by atoms with E-state index in [1.807, 2.05) is 6.92 Å². The number of morpholine rings is 1. The van der Waals surface area contributed by atoms with E-state index in [1.165, 1.54) is 4.90 Å². The minimum atomic E-state index is -5.94. The molecule has 0 radical (unpaired) electrons. The molecule has 1 aromatic carbocycles. The molecule has 2 rings (SSSR count). The lowest BCUT2D eigenvalue weighted by Gasteiger charge is -2.36. The standard InChI is InChI=1S/C18H23F6N3O2/c1-2-3-8-27(15(25)26-9-11-29-12-10-26)14-6-4-13(5-7-14)16(28,17(19,20)21)18(22,23)24/h4-7,25,28H,2-3,8-12H2,1H3. The highest BCUT2D eigenvalue weighted by Gasteiger charge is 2.71. The summed E-state index contributed by atoms with van der Waals surface area (Å²) in [6, 6.07) is 3.31. The number of anilines is 1. The third-order valence-corrected chi connectivity index (χ3v) is 4.72. The summed E-state index contributed by atoms with van der Waals surface area (Å²) in [5.74, 6) is 0.0939. The molecule has 0 spiro atoms. The lowest BCUT2D eigenvalue weighted by molar-refractivity contribution is -0.376. The quantitative estimate of drug-likeness (QED) is 0.426. The molecule has 0 unspecified atom stereocenters. The summed E-state index contributed by atoms with van der Waals surface area (Å²) in [6.45, 7) is 4.06. The molecule has 1 aliphatic rings. The van der Waals surface area contributed by atoms with Crippen LogP contribution in [0.3, 0.4) is 0 Å². The molecule has 0 aromatic heterocycles. The van der Waals surface area contributed by atoms with Gasteiger partial charge in [0.05, 0.1) is 13.2 Å². The summed E-state index contributed by atoms with van der Waals surface area (Å²) in [5, 5.41) is 17.9. The molecule has 0 amide bonds. The Bertz CT molecular complexity index is 670. The average molecular weight is 427 g/mol. The van der Waals surface area contributed by atoms with Crippen molar-refractivity contribution in [3.8, 4) is 0 Å². The van der Waals surface area contributed by atoms with Gasteiger partial charge < -0.3 is 19.6 Å². The highest BCUT2D eigenvalue weighted by molar-refractivity contribution is 5.93. The molecule has 1 aliphatic heterocycles. The summed E-state index contributed by atoms with van der Waals surface area (Å²) in [7, 11) is 0. The molecule has 1 fully saturated rings. The minimum Gasteiger partial charge on any atom is -0.378 e. The lowest BCUT2D eigenvalue weighted by Crippen LogP contribution is -2.54. The summed E-state index contributed by atoms with van der Waals surface area (Å²) < 4.78 is 83.5. The van der Waals surface area contributed by atoms with Crippen molar-refractivity contribution in [2.75, 3.05) is 37.7 Å². The summed E-state index contributed by atoms with van der Waals surface area (Å²) in [4.78, 5) is 3.26. The molecule has 1 saturated heterocycles. The Kier molecular flexibility index (Phi) is 7.05. The van der Waals surface area contributed by atoms with Gasteiger partial charge in [-0.15, -0.1) is 0 Å². The predicted octanol–water partition coefficient (Wildman–Crippen LogP) is 3.87. The fraction of sp³-hybridized carbons (Fsp3) is 0.611. The summed E-state index contributed by atoms with van der Waals surface area (Å²) in [5.41, 5.74) is -6.02. The van der Waals surface area contributed by atoms with Crippen LogP contribution in [0.4, 0.5) is 32.0 Å². The molecule has 5 nitrogen and oxygen atoms in total. The molecule has 29 heavy (non-hydrogen) atoms. The number of nitrogens with one attached hydrogen (secondary N) is 1. The maximum atomic E-state index is 13.0. The van der Waals surface area contributed by atoms with Gasteiger partial charge in [-0.2, -0.15) is 26.3 Å². The number of alkyl halides is 6. The molecular weight excluding hydrogens is 404 g/mol. The molecular formula is C18H23F6N3O2. The van der Waals surface area contributed by atoms with Crippen LogP contribution in [0.25, 0.3) is 0 Å². The number of halogens is 6. The topological polar surface area (TPSA) is 59.8 Å². The first kappa shape index (κ1) is 23.3. The number of aliphatic hydroxyl groups is 1. The Hall–Kier alpha value is -2.01. The number of unbranched alkanes of at least 4 members (excludes halogenated alkanes) is 1. The van der Waals surface area contributed by atoms with E-state index in [0.29, 0.717) is 51.4 Å². The van der Waals surface area contributed by atoms with Crippen molar-refractivity contribution in [3.05, 3.63) is 29.8 Å².